The lowest BCUT2D eigenvalue weighted by molar-refractivity contribution is -0.137. The molecule has 2 amide bonds. The van der Waals surface area contributed by atoms with E-state index in [1.165, 1.54) is 0 Å². The summed E-state index contributed by atoms with van der Waals surface area (Å²) in [6, 6.07) is 8.26. The van der Waals surface area contributed by atoms with E-state index in [4.69, 9.17) is 9.90 Å². The van der Waals surface area contributed by atoms with Crippen LogP contribution in [-0.2, 0) is 19.4 Å². The summed E-state index contributed by atoms with van der Waals surface area (Å²) in [5.74, 6) is -0.650. The summed E-state index contributed by atoms with van der Waals surface area (Å²) in [5, 5.41) is 19.9. The van der Waals surface area contributed by atoms with Crippen molar-refractivity contribution in [3.05, 3.63) is 35.9 Å². The van der Waals surface area contributed by atoms with E-state index in [0.717, 1.165) is 0 Å². The number of rotatable bonds is 3. The third-order valence-corrected chi connectivity index (χ3v) is 6.78. The Kier molecular flexibility index (Phi) is 8.15. The maximum Gasteiger partial charge on any atom is 0.290 e. The molecule has 160 valence electrons. The number of nitrogens with one attached hydrogen (secondary N) is 1. The summed E-state index contributed by atoms with van der Waals surface area (Å²) in [4.78, 5) is 35.0. The van der Waals surface area contributed by atoms with Gasteiger partial charge in [0.25, 0.3) is 12.4 Å². The van der Waals surface area contributed by atoms with Crippen LogP contribution in [0.1, 0.15) is 29.6 Å². The summed E-state index contributed by atoms with van der Waals surface area (Å²) >= 11 is 0. The van der Waals surface area contributed by atoms with Gasteiger partial charge in [-0.2, -0.15) is 0 Å². The first kappa shape index (κ1) is 22.8. The number of aliphatic hydroxyl groups excluding tert-OH is 1. The molecule has 1 aliphatic carbocycles. The molecule has 0 spiro atoms. The fourth-order valence-electron chi connectivity index (χ4n) is 3.57. The molecule has 1 aromatic carbocycles. The molecule has 0 unspecified atom stereocenters. The van der Waals surface area contributed by atoms with Crippen LogP contribution in [0.4, 0.5) is 0 Å². The topological polar surface area (TPSA) is 141 Å². The number of nitrogens with zero attached hydrogens (tertiary/aromatic N) is 1. The van der Waals surface area contributed by atoms with Crippen molar-refractivity contribution in [2.75, 3.05) is 24.6 Å². The Morgan fingerprint density at radius 2 is 1.69 bits per heavy atom. The Labute approximate surface area is 169 Å². The minimum absolute atomic E-state index is 0.00224. The van der Waals surface area contributed by atoms with Crippen LogP contribution in [0, 0.1) is 5.92 Å². The van der Waals surface area contributed by atoms with E-state index in [1.54, 1.807) is 29.2 Å². The molecule has 29 heavy (non-hydrogen) atoms. The monoisotopic (exact) mass is 426 g/mol. The normalized spacial score (nSPS) is 25.8. The predicted molar refractivity (Wildman–Crippen MR) is 105 cm³/mol. The number of sulfone groups is 1. The lowest BCUT2D eigenvalue weighted by atomic mass is 9.82. The van der Waals surface area contributed by atoms with E-state index in [9.17, 15) is 23.1 Å². The molecule has 3 rings (SSSR count). The molecule has 1 aromatic rings. The van der Waals surface area contributed by atoms with Gasteiger partial charge in [-0.05, 0) is 31.4 Å². The summed E-state index contributed by atoms with van der Waals surface area (Å²) in [6.45, 7) is 0.197. The zero-order chi connectivity index (χ0) is 21.4. The number of aliphatic hydroxyl groups is 1. The second kappa shape index (κ2) is 10.4. The highest BCUT2D eigenvalue weighted by Gasteiger charge is 2.37. The molecule has 1 aliphatic heterocycles. The first-order valence-corrected chi connectivity index (χ1v) is 11.2. The number of carboxylic acid groups (broad SMARTS) is 1. The zero-order valence-electron chi connectivity index (χ0n) is 15.9. The molecule has 0 aromatic heterocycles. The molecule has 1 saturated heterocycles. The molecule has 3 N–H and O–H groups in total. The summed E-state index contributed by atoms with van der Waals surface area (Å²) < 4.78 is 23.1. The SMILES string of the molecule is O=C(N[C@@H]1C[C@@H](C(=O)N2CCS(=O)(=O)CC2)CC[C@H]1O)c1ccccc1.O=CO. The van der Waals surface area contributed by atoms with Crippen molar-refractivity contribution < 1.29 is 33.0 Å². The smallest absolute Gasteiger partial charge is 0.290 e. The molecule has 10 heteroatoms. The molecule has 0 radical (unpaired) electrons. The highest BCUT2D eigenvalue weighted by molar-refractivity contribution is 7.91. The van der Waals surface area contributed by atoms with Crippen LogP contribution in [0.25, 0.3) is 0 Å². The van der Waals surface area contributed by atoms with Crippen LogP contribution in [0.2, 0.25) is 0 Å². The molecule has 1 saturated carbocycles. The highest BCUT2D eigenvalue weighted by Crippen LogP contribution is 2.27. The minimum atomic E-state index is -3.04. The summed E-state index contributed by atoms with van der Waals surface area (Å²) in [6.07, 6.45) is 0.652. The van der Waals surface area contributed by atoms with Gasteiger partial charge < -0.3 is 20.4 Å². The van der Waals surface area contributed by atoms with Crippen molar-refractivity contribution in [2.45, 2.75) is 31.4 Å². The lowest BCUT2D eigenvalue weighted by Crippen LogP contribution is -2.52. The zero-order valence-corrected chi connectivity index (χ0v) is 16.8. The standard InChI is InChI=1S/C18H24N2O5S.CH2O2/c21-16-7-6-14(18(23)20-8-10-26(24,25)11-9-20)12-15(16)19-17(22)13-4-2-1-3-5-13;2-1-3/h1-5,14-16,21H,6-12H2,(H,19,22);1H,(H,2,3)/t14-,15+,16+;/m0./s1. The van der Waals surface area contributed by atoms with Gasteiger partial charge in [0.05, 0.1) is 23.7 Å². The Hall–Kier alpha value is -2.46. The maximum absolute atomic E-state index is 12.7. The Morgan fingerprint density at radius 1 is 1.10 bits per heavy atom. The molecule has 2 aliphatic rings. The van der Waals surface area contributed by atoms with E-state index in [2.05, 4.69) is 5.32 Å². The Bertz CT molecular complexity index is 799. The van der Waals surface area contributed by atoms with Crippen LogP contribution in [0.15, 0.2) is 30.3 Å². The van der Waals surface area contributed by atoms with Gasteiger partial charge >= 0.3 is 0 Å². The largest absolute Gasteiger partial charge is 0.483 e. The van der Waals surface area contributed by atoms with Gasteiger partial charge in [0.1, 0.15) is 0 Å². The van der Waals surface area contributed by atoms with Crippen LogP contribution in [0.5, 0.6) is 0 Å². The van der Waals surface area contributed by atoms with Crippen LogP contribution >= 0.6 is 0 Å². The first-order valence-electron chi connectivity index (χ1n) is 9.38. The number of amides is 2. The van der Waals surface area contributed by atoms with Gasteiger partial charge in [-0.25, -0.2) is 8.42 Å². The van der Waals surface area contributed by atoms with E-state index in [0.29, 0.717) is 24.8 Å². The molecular formula is C19H26N2O7S. The van der Waals surface area contributed by atoms with Crippen molar-refractivity contribution in [1.82, 2.24) is 10.2 Å². The van der Waals surface area contributed by atoms with Gasteiger partial charge in [0.15, 0.2) is 9.84 Å². The summed E-state index contributed by atoms with van der Waals surface area (Å²) in [5.41, 5.74) is 0.509. The number of carbonyl (C=O) groups is 3. The molecule has 1 heterocycles. The van der Waals surface area contributed by atoms with Crippen LogP contribution in [0.3, 0.4) is 0 Å². The third kappa shape index (κ3) is 6.53. The molecule has 2 fully saturated rings. The van der Waals surface area contributed by atoms with Crippen LogP contribution < -0.4 is 5.32 Å². The minimum Gasteiger partial charge on any atom is -0.483 e. The van der Waals surface area contributed by atoms with E-state index >= 15 is 0 Å². The van der Waals surface area contributed by atoms with Crippen molar-refractivity contribution in [2.24, 2.45) is 5.92 Å². The second-order valence-electron chi connectivity index (χ2n) is 7.11. The van der Waals surface area contributed by atoms with Crippen molar-refractivity contribution in [3.8, 4) is 0 Å². The van der Waals surface area contributed by atoms with Crippen molar-refractivity contribution >= 4 is 28.1 Å². The fourth-order valence-corrected chi connectivity index (χ4v) is 4.77. The number of carbonyl (C=O) groups excluding carboxylic acids is 2. The molecule has 0 bridgehead atoms. The quantitative estimate of drug-likeness (QED) is 0.573. The van der Waals surface area contributed by atoms with E-state index in [-0.39, 0.29) is 48.8 Å². The Balaban J connectivity index is 0.000000941. The van der Waals surface area contributed by atoms with Gasteiger partial charge in [-0.3, -0.25) is 14.4 Å². The average Bonchev–Trinajstić information content (AvgIpc) is 2.70. The highest BCUT2D eigenvalue weighted by atomic mass is 32.2. The second-order valence-corrected chi connectivity index (χ2v) is 9.41. The van der Waals surface area contributed by atoms with E-state index in [1.807, 2.05) is 6.07 Å². The molecular weight excluding hydrogens is 400 g/mol. The maximum atomic E-state index is 12.7. The average molecular weight is 426 g/mol. The molecule has 3 atom stereocenters. The van der Waals surface area contributed by atoms with Gasteiger partial charge in [0.2, 0.25) is 5.91 Å². The number of hydrogen-bond donors (Lipinski definition) is 3. The third-order valence-electron chi connectivity index (χ3n) is 5.17. The van der Waals surface area contributed by atoms with Gasteiger partial charge in [-0.15, -0.1) is 0 Å². The number of hydrogen-bond acceptors (Lipinski definition) is 6. The lowest BCUT2D eigenvalue weighted by Gasteiger charge is -2.36. The predicted octanol–water partition coefficient (Wildman–Crippen LogP) is -0.0962. The first-order chi connectivity index (χ1) is 13.8. The van der Waals surface area contributed by atoms with Crippen LogP contribution in [-0.4, -0.2) is 78.6 Å². The summed E-state index contributed by atoms with van der Waals surface area (Å²) in [7, 11) is -3.04. The van der Waals surface area contributed by atoms with Crippen molar-refractivity contribution in [1.29, 1.82) is 0 Å². The molecule has 9 nitrogen and oxygen atoms in total. The van der Waals surface area contributed by atoms with Gasteiger partial charge in [0, 0.05) is 24.6 Å². The Morgan fingerprint density at radius 3 is 2.28 bits per heavy atom. The van der Waals surface area contributed by atoms with Crippen molar-refractivity contribution in [3.63, 3.8) is 0 Å². The van der Waals surface area contributed by atoms with E-state index < -0.39 is 22.0 Å². The fraction of sp³-hybridized carbons (Fsp3) is 0.526. The number of benzene rings is 1. The van der Waals surface area contributed by atoms with Gasteiger partial charge in [-0.1, -0.05) is 18.2 Å².